The molecule has 0 aromatic rings. The first-order valence-corrected chi connectivity index (χ1v) is 3.94. The molecule has 6 nitrogen and oxygen atoms in total. The van der Waals surface area contributed by atoms with Crippen LogP contribution < -0.4 is 5.73 Å². The molecule has 0 bridgehead atoms. The second-order valence-electron chi connectivity index (χ2n) is 3.13. The van der Waals surface area contributed by atoms with Gasteiger partial charge in [0.1, 0.15) is 18.3 Å². The molecule has 76 valence electrons. The number of amides is 1. The van der Waals surface area contributed by atoms with Crippen LogP contribution >= 0.6 is 0 Å². The molecule has 0 saturated carbocycles. The Hall–Kier alpha value is -0.690. The van der Waals surface area contributed by atoms with Gasteiger partial charge >= 0.3 is 0 Å². The number of aliphatic hydroxyl groups excluding tert-OH is 3. The zero-order chi connectivity index (χ0) is 10.2. The maximum atomic E-state index is 10.5. The Kier molecular flexibility index (Phi) is 2.87. The van der Waals surface area contributed by atoms with Gasteiger partial charge in [0.05, 0.1) is 6.10 Å². The van der Waals surface area contributed by atoms with Gasteiger partial charge in [-0.3, -0.25) is 4.79 Å². The van der Waals surface area contributed by atoms with Crippen LogP contribution in [0.2, 0.25) is 0 Å². The minimum Gasteiger partial charge on any atom is -0.388 e. The van der Waals surface area contributed by atoms with E-state index in [-0.39, 0.29) is 0 Å². The largest absolute Gasteiger partial charge is 0.388 e. The van der Waals surface area contributed by atoms with Crippen molar-refractivity contribution in [3.63, 3.8) is 0 Å². The number of carbonyl (C=O) groups is 1. The molecule has 6 heteroatoms. The van der Waals surface area contributed by atoms with E-state index in [1.54, 1.807) is 0 Å². The van der Waals surface area contributed by atoms with E-state index in [9.17, 15) is 15.0 Å². The summed E-state index contributed by atoms with van der Waals surface area (Å²) in [5.74, 6) is -0.981. The molecule has 1 heterocycles. The van der Waals surface area contributed by atoms with Crippen molar-refractivity contribution in [1.29, 1.82) is 0 Å². The lowest BCUT2D eigenvalue weighted by atomic mass is 10.0. The fourth-order valence-electron chi connectivity index (χ4n) is 1.30. The van der Waals surface area contributed by atoms with Gasteiger partial charge in [-0.05, 0) is 6.92 Å². The first-order chi connectivity index (χ1) is 5.95. The fraction of sp³-hybridized carbons (Fsp3) is 0.857. The van der Waals surface area contributed by atoms with E-state index in [0.29, 0.717) is 0 Å². The molecule has 2 unspecified atom stereocenters. The number of nitrogens with two attached hydrogens (primary N) is 1. The summed E-state index contributed by atoms with van der Waals surface area (Å²) in [6.45, 7) is 1.53. The molecule has 0 aromatic heterocycles. The monoisotopic (exact) mass is 191 g/mol. The van der Waals surface area contributed by atoms with Crippen LogP contribution in [0.5, 0.6) is 0 Å². The highest BCUT2D eigenvalue weighted by atomic mass is 16.6. The standard InChI is InChI=1S/C7H13NO5/c1-2-3(9)4(10)6(13-2)5(11)7(8)12/h2-6,9-11H,1H3,(H2,8,12)/t2-,3?,4-,5?,6-/m0/s1. The number of hydrogen-bond donors (Lipinski definition) is 4. The number of aliphatic hydroxyl groups is 3. The lowest BCUT2D eigenvalue weighted by Gasteiger charge is -2.17. The van der Waals surface area contributed by atoms with Gasteiger partial charge in [-0.1, -0.05) is 0 Å². The Morgan fingerprint density at radius 1 is 1.46 bits per heavy atom. The lowest BCUT2D eigenvalue weighted by Crippen LogP contribution is -2.45. The highest BCUT2D eigenvalue weighted by Crippen LogP contribution is 2.23. The third-order valence-electron chi connectivity index (χ3n) is 2.14. The van der Waals surface area contributed by atoms with Crippen molar-refractivity contribution in [1.82, 2.24) is 0 Å². The van der Waals surface area contributed by atoms with E-state index in [4.69, 9.17) is 15.6 Å². The number of primary amides is 1. The molecular weight excluding hydrogens is 178 g/mol. The fourth-order valence-corrected chi connectivity index (χ4v) is 1.30. The van der Waals surface area contributed by atoms with Crippen molar-refractivity contribution in [2.24, 2.45) is 5.73 Å². The number of rotatable bonds is 2. The molecule has 1 aliphatic rings. The van der Waals surface area contributed by atoms with E-state index in [1.165, 1.54) is 6.92 Å². The van der Waals surface area contributed by atoms with E-state index < -0.39 is 36.4 Å². The number of ether oxygens (including phenoxy) is 1. The summed E-state index contributed by atoms with van der Waals surface area (Å²) in [7, 11) is 0. The Morgan fingerprint density at radius 3 is 2.31 bits per heavy atom. The summed E-state index contributed by atoms with van der Waals surface area (Å²) in [5.41, 5.74) is 4.81. The van der Waals surface area contributed by atoms with Gasteiger partial charge < -0.3 is 25.8 Å². The van der Waals surface area contributed by atoms with Crippen molar-refractivity contribution in [2.75, 3.05) is 0 Å². The van der Waals surface area contributed by atoms with Crippen molar-refractivity contribution < 1.29 is 24.9 Å². The van der Waals surface area contributed by atoms with Crippen LogP contribution in [0, 0.1) is 0 Å². The maximum absolute atomic E-state index is 10.5. The van der Waals surface area contributed by atoms with Crippen LogP contribution in [0.3, 0.4) is 0 Å². The first kappa shape index (κ1) is 10.4. The second-order valence-corrected chi connectivity index (χ2v) is 3.13. The predicted octanol–water partition coefficient (Wildman–Crippen LogP) is -2.66. The Balaban J connectivity index is 2.68. The zero-order valence-corrected chi connectivity index (χ0v) is 7.12. The highest BCUT2D eigenvalue weighted by Gasteiger charge is 2.45. The third kappa shape index (κ3) is 1.80. The molecule has 1 fully saturated rings. The van der Waals surface area contributed by atoms with Crippen LogP contribution in [0.25, 0.3) is 0 Å². The van der Waals surface area contributed by atoms with Gasteiger partial charge in [0.2, 0.25) is 5.91 Å². The second kappa shape index (κ2) is 3.59. The SMILES string of the molecule is C[C@@H]1O[C@H](C(O)C(N)=O)[C@@H](O)C1O. The minimum absolute atomic E-state index is 0.617. The summed E-state index contributed by atoms with van der Waals surface area (Å²) in [5, 5.41) is 27.7. The Morgan fingerprint density at radius 2 is 2.00 bits per heavy atom. The molecular formula is C7H13NO5. The van der Waals surface area contributed by atoms with Crippen LogP contribution in [0.1, 0.15) is 6.92 Å². The highest BCUT2D eigenvalue weighted by molar-refractivity contribution is 5.79. The molecule has 1 aliphatic heterocycles. The Labute approximate surface area is 74.9 Å². The van der Waals surface area contributed by atoms with Crippen LogP contribution in [0.4, 0.5) is 0 Å². The summed E-state index contributed by atoms with van der Waals surface area (Å²) in [6, 6.07) is 0. The van der Waals surface area contributed by atoms with E-state index in [1.807, 2.05) is 0 Å². The maximum Gasteiger partial charge on any atom is 0.249 e. The molecule has 13 heavy (non-hydrogen) atoms. The molecule has 1 saturated heterocycles. The van der Waals surface area contributed by atoms with Crippen molar-refractivity contribution in [3.05, 3.63) is 0 Å². The van der Waals surface area contributed by atoms with Gasteiger partial charge in [0, 0.05) is 0 Å². The molecule has 1 amide bonds. The van der Waals surface area contributed by atoms with Crippen LogP contribution in [-0.2, 0) is 9.53 Å². The minimum atomic E-state index is -1.59. The molecule has 0 aliphatic carbocycles. The van der Waals surface area contributed by atoms with E-state index in [2.05, 4.69) is 0 Å². The van der Waals surface area contributed by atoms with Gasteiger partial charge in [-0.15, -0.1) is 0 Å². The quantitative estimate of drug-likeness (QED) is 0.380. The van der Waals surface area contributed by atoms with Gasteiger partial charge in [0.15, 0.2) is 6.10 Å². The third-order valence-corrected chi connectivity index (χ3v) is 2.14. The summed E-state index contributed by atoms with van der Waals surface area (Å²) in [4.78, 5) is 10.5. The lowest BCUT2D eigenvalue weighted by molar-refractivity contribution is -0.137. The van der Waals surface area contributed by atoms with Crippen LogP contribution in [0.15, 0.2) is 0 Å². The van der Waals surface area contributed by atoms with Gasteiger partial charge in [-0.25, -0.2) is 0 Å². The van der Waals surface area contributed by atoms with Crippen molar-refractivity contribution in [3.8, 4) is 0 Å². The first-order valence-electron chi connectivity index (χ1n) is 3.94. The molecule has 0 radical (unpaired) electrons. The summed E-state index contributed by atoms with van der Waals surface area (Å²) < 4.78 is 4.96. The Bertz CT molecular complexity index is 209. The van der Waals surface area contributed by atoms with Gasteiger partial charge in [0.25, 0.3) is 0 Å². The average molecular weight is 191 g/mol. The smallest absolute Gasteiger partial charge is 0.249 e. The number of carbonyl (C=O) groups excluding carboxylic acids is 1. The normalized spacial score (nSPS) is 41.8. The van der Waals surface area contributed by atoms with Crippen molar-refractivity contribution >= 4 is 5.91 Å². The average Bonchev–Trinajstić information content (AvgIpc) is 2.31. The van der Waals surface area contributed by atoms with Crippen molar-refractivity contribution in [2.45, 2.75) is 37.4 Å². The van der Waals surface area contributed by atoms with E-state index in [0.717, 1.165) is 0 Å². The zero-order valence-electron chi connectivity index (χ0n) is 7.12. The summed E-state index contributed by atoms with van der Waals surface area (Å²) in [6.07, 6.45) is -5.72. The molecule has 0 spiro atoms. The summed E-state index contributed by atoms with van der Waals surface area (Å²) >= 11 is 0. The van der Waals surface area contributed by atoms with E-state index >= 15 is 0 Å². The predicted molar refractivity (Wildman–Crippen MR) is 41.5 cm³/mol. The molecule has 1 rings (SSSR count). The molecule has 5 N–H and O–H groups in total. The number of hydrogen-bond acceptors (Lipinski definition) is 5. The molecule has 0 aromatic carbocycles. The topological polar surface area (TPSA) is 113 Å². The molecule has 5 atom stereocenters. The van der Waals surface area contributed by atoms with Crippen LogP contribution in [-0.4, -0.2) is 51.7 Å². The van der Waals surface area contributed by atoms with Gasteiger partial charge in [-0.2, -0.15) is 0 Å².